The number of carbonyl (C=O) groups is 2. The number of carbonyl (C=O) groups excluding carboxylic acids is 2. The molecule has 118 valence electrons. The summed E-state index contributed by atoms with van der Waals surface area (Å²) in [5.74, 6) is 0.182. The van der Waals surface area contributed by atoms with E-state index in [-0.39, 0.29) is 11.8 Å². The topological polar surface area (TPSA) is 71.1 Å². The molecule has 0 radical (unpaired) electrons. The number of para-hydroxylation sites is 1. The number of hydrogen-bond donors (Lipinski definition) is 2. The molecule has 1 aromatic heterocycles. The van der Waals surface area contributed by atoms with Crippen molar-refractivity contribution < 1.29 is 9.59 Å². The van der Waals surface area contributed by atoms with Gasteiger partial charge in [-0.15, -0.1) is 11.8 Å². The number of fused-ring (bicyclic) bond motifs is 2. The molecule has 0 spiro atoms. The number of pyridine rings is 1. The van der Waals surface area contributed by atoms with E-state index in [1.54, 1.807) is 18.3 Å². The first-order valence-electron chi connectivity index (χ1n) is 7.42. The van der Waals surface area contributed by atoms with Gasteiger partial charge in [0.05, 0.1) is 22.5 Å². The molecule has 0 aliphatic carbocycles. The lowest BCUT2D eigenvalue weighted by molar-refractivity contribution is -0.113. The van der Waals surface area contributed by atoms with Crippen LogP contribution in [-0.2, 0) is 4.79 Å². The highest BCUT2D eigenvalue weighted by Gasteiger charge is 2.16. The highest BCUT2D eigenvalue weighted by molar-refractivity contribution is 8.00. The summed E-state index contributed by atoms with van der Waals surface area (Å²) in [5.41, 5.74) is 2.71. The Morgan fingerprint density at radius 2 is 2.04 bits per heavy atom. The number of benzene rings is 2. The van der Waals surface area contributed by atoms with Gasteiger partial charge in [0.15, 0.2) is 0 Å². The Balaban J connectivity index is 1.64. The minimum Gasteiger partial charge on any atom is -0.324 e. The van der Waals surface area contributed by atoms with Crippen LogP contribution in [0.4, 0.5) is 11.4 Å². The number of aromatic nitrogens is 1. The molecule has 1 aliphatic rings. The van der Waals surface area contributed by atoms with Gasteiger partial charge in [-0.1, -0.05) is 18.2 Å². The van der Waals surface area contributed by atoms with Gasteiger partial charge in [-0.05, 0) is 30.3 Å². The van der Waals surface area contributed by atoms with Crippen LogP contribution in [-0.4, -0.2) is 22.6 Å². The second kappa shape index (κ2) is 5.98. The van der Waals surface area contributed by atoms with Gasteiger partial charge in [0.2, 0.25) is 5.91 Å². The third kappa shape index (κ3) is 2.72. The number of amides is 2. The first-order valence-corrected chi connectivity index (χ1v) is 8.41. The Kier molecular flexibility index (Phi) is 3.66. The van der Waals surface area contributed by atoms with Gasteiger partial charge in [-0.25, -0.2) is 0 Å². The Morgan fingerprint density at radius 3 is 2.96 bits per heavy atom. The molecule has 0 saturated carbocycles. The SMILES string of the molecule is O=C1CSc2ccc(NC(=O)c3ccnc4ccccc34)cc2N1. The minimum absolute atomic E-state index is 0.0314. The van der Waals surface area contributed by atoms with E-state index < -0.39 is 0 Å². The number of thioether (sulfide) groups is 1. The zero-order valence-corrected chi connectivity index (χ0v) is 13.4. The summed E-state index contributed by atoms with van der Waals surface area (Å²) in [4.78, 5) is 29.4. The molecule has 0 unspecified atom stereocenters. The lowest BCUT2D eigenvalue weighted by Crippen LogP contribution is -2.19. The van der Waals surface area contributed by atoms with Crippen LogP contribution in [0.25, 0.3) is 10.9 Å². The minimum atomic E-state index is -0.205. The fourth-order valence-electron chi connectivity index (χ4n) is 2.65. The average molecular weight is 335 g/mol. The van der Waals surface area contributed by atoms with Gasteiger partial charge < -0.3 is 10.6 Å². The van der Waals surface area contributed by atoms with Crippen molar-refractivity contribution in [2.75, 3.05) is 16.4 Å². The van der Waals surface area contributed by atoms with Gasteiger partial charge in [0.25, 0.3) is 5.91 Å². The summed E-state index contributed by atoms with van der Waals surface area (Å²) in [6.45, 7) is 0. The molecule has 0 saturated heterocycles. The molecule has 2 amide bonds. The van der Waals surface area contributed by atoms with Crippen molar-refractivity contribution in [2.45, 2.75) is 4.90 Å². The number of rotatable bonds is 2. The number of hydrogen-bond acceptors (Lipinski definition) is 4. The molecule has 3 aromatic rings. The molecule has 0 bridgehead atoms. The molecule has 4 rings (SSSR count). The highest BCUT2D eigenvalue weighted by atomic mass is 32.2. The van der Waals surface area contributed by atoms with Crippen LogP contribution in [0.2, 0.25) is 0 Å². The zero-order chi connectivity index (χ0) is 16.5. The molecule has 2 aromatic carbocycles. The van der Waals surface area contributed by atoms with E-state index in [4.69, 9.17) is 0 Å². The quantitative estimate of drug-likeness (QED) is 0.751. The number of anilines is 2. The third-order valence-corrected chi connectivity index (χ3v) is 4.84. The van der Waals surface area contributed by atoms with Crippen LogP contribution in [0.15, 0.2) is 59.6 Å². The Hall–Kier alpha value is -2.86. The van der Waals surface area contributed by atoms with E-state index in [0.29, 0.717) is 17.0 Å². The second-order valence-electron chi connectivity index (χ2n) is 5.38. The third-order valence-electron chi connectivity index (χ3n) is 3.76. The molecule has 0 fully saturated rings. The van der Waals surface area contributed by atoms with Crippen molar-refractivity contribution in [1.82, 2.24) is 4.98 Å². The fourth-order valence-corrected chi connectivity index (χ4v) is 3.44. The van der Waals surface area contributed by atoms with Crippen LogP contribution < -0.4 is 10.6 Å². The molecule has 1 aliphatic heterocycles. The van der Waals surface area contributed by atoms with Gasteiger partial charge in [-0.3, -0.25) is 14.6 Å². The molecule has 0 atom stereocenters. The maximum Gasteiger partial charge on any atom is 0.256 e. The number of nitrogens with zero attached hydrogens (tertiary/aromatic N) is 1. The van der Waals surface area contributed by atoms with E-state index in [2.05, 4.69) is 15.6 Å². The van der Waals surface area contributed by atoms with Crippen LogP contribution in [0.1, 0.15) is 10.4 Å². The molecular formula is C18H13N3O2S. The fraction of sp³-hybridized carbons (Fsp3) is 0.0556. The van der Waals surface area contributed by atoms with Crippen LogP contribution in [0, 0.1) is 0 Å². The lowest BCUT2D eigenvalue weighted by Gasteiger charge is -2.17. The standard InChI is InChI=1S/C18H13N3O2S/c22-17-10-24-16-6-5-11(9-15(16)21-17)20-18(23)13-7-8-19-14-4-2-1-3-12(13)14/h1-9H,10H2,(H,20,23)(H,21,22). The molecule has 2 N–H and O–H groups in total. The molecular weight excluding hydrogens is 322 g/mol. The van der Waals surface area contributed by atoms with Crippen molar-refractivity contribution in [3.8, 4) is 0 Å². The smallest absolute Gasteiger partial charge is 0.256 e. The summed E-state index contributed by atoms with van der Waals surface area (Å²) in [6.07, 6.45) is 1.63. The Bertz CT molecular complexity index is 966. The second-order valence-corrected chi connectivity index (χ2v) is 6.39. The van der Waals surface area contributed by atoms with Gasteiger partial charge in [-0.2, -0.15) is 0 Å². The van der Waals surface area contributed by atoms with E-state index in [9.17, 15) is 9.59 Å². The van der Waals surface area contributed by atoms with Crippen LogP contribution in [0.5, 0.6) is 0 Å². The van der Waals surface area contributed by atoms with Crippen LogP contribution in [0.3, 0.4) is 0 Å². The highest BCUT2D eigenvalue weighted by Crippen LogP contribution is 2.33. The van der Waals surface area contributed by atoms with Crippen LogP contribution >= 0.6 is 11.8 Å². The van der Waals surface area contributed by atoms with Crippen molar-refractivity contribution >= 4 is 45.9 Å². The summed E-state index contributed by atoms with van der Waals surface area (Å²) in [7, 11) is 0. The van der Waals surface area contributed by atoms with Crippen molar-refractivity contribution in [1.29, 1.82) is 0 Å². The Morgan fingerprint density at radius 1 is 1.17 bits per heavy atom. The first-order chi connectivity index (χ1) is 11.7. The molecule has 6 heteroatoms. The van der Waals surface area contributed by atoms with E-state index in [1.165, 1.54) is 11.8 Å². The Labute approximate surface area is 142 Å². The maximum atomic E-state index is 12.6. The lowest BCUT2D eigenvalue weighted by atomic mass is 10.1. The molecule has 2 heterocycles. The van der Waals surface area contributed by atoms with Gasteiger partial charge in [0, 0.05) is 22.2 Å². The first kappa shape index (κ1) is 14.7. The van der Waals surface area contributed by atoms with E-state index >= 15 is 0 Å². The summed E-state index contributed by atoms with van der Waals surface area (Å²) in [5, 5.41) is 6.51. The number of nitrogens with one attached hydrogen (secondary N) is 2. The zero-order valence-electron chi connectivity index (χ0n) is 12.6. The van der Waals surface area contributed by atoms with E-state index in [0.717, 1.165) is 21.5 Å². The van der Waals surface area contributed by atoms with Gasteiger partial charge in [0.1, 0.15) is 0 Å². The predicted molar refractivity (Wildman–Crippen MR) is 95.5 cm³/mol. The molecule has 24 heavy (non-hydrogen) atoms. The van der Waals surface area contributed by atoms with Crippen molar-refractivity contribution in [3.63, 3.8) is 0 Å². The maximum absolute atomic E-state index is 12.6. The van der Waals surface area contributed by atoms with Gasteiger partial charge >= 0.3 is 0 Å². The molecule has 5 nitrogen and oxygen atoms in total. The van der Waals surface area contributed by atoms with Crippen molar-refractivity contribution in [3.05, 3.63) is 60.3 Å². The monoisotopic (exact) mass is 335 g/mol. The summed E-state index contributed by atoms with van der Waals surface area (Å²) < 4.78 is 0. The van der Waals surface area contributed by atoms with E-state index in [1.807, 2.05) is 36.4 Å². The van der Waals surface area contributed by atoms with Crippen molar-refractivity contribution in [2.24, 2.45) is 0 Å². The summed E-state index contributed by atoms with van der Waals surface area (Å²) >= 11 is 1.49. The summed E-state index contributed by atoms with van der Waals surface area (Å²) in [6, 6.07) is 14.7. The predicted octanol–water partition coefficient (Wildman–Crippen LogP) is 3.53. The normalized spacial score (nSPS) is 13.2. The average Bonchev–Trinajstić information content (AvgIpc) is 2.61. The largest absolute Gasteiger partial charge is 0.324 e.